The monoisotopic (exact) mass is 235 g/mol. The Balaban J connectivity index is 2.56. The molecule has 0 amide bonds. The fourth-order valence-electron chi connectivity index (χ4n) is 3.38. The van der Waals surface area contributed by atoms with Gasteiger partial charge in [0.2, 0.25) is 0 Å². The van der Waals surface area contributed by atoms with Crippen molar-refractivity contribution < 1.29 is 0 Å². The summed E-state index contributed by atoms with van der Waals surface area (Å²) < 4.78 is 0. The molecule has 1 atom stereocenters. The topological polar surface area (TPSA) is 12.0 Å². The van der Waals surface area contributed by atoms with Crippen LogP contribution in [0.2, 0.25) is 0 Å². The summed E-state index contributed by atoms with van der Waals surface area (Å²) in [4.78, 5) is 0. The van der Waals surface area contributed by atoms with Crippen molar-refractivity contribution in [1.82, 2.24) is 5.32 Å². The highest BCUT2D eigenvalue weighted by molar-refractivity contribution is 4.94. The number of hydrogen-bond donors (Lipinski definition) is 1. The van der Waals surface area contributed by atoms with Gasteiger partial charge in [0, 0.05) is 12.5 Å². The SMILES string of the molecule is C#CCCCC(NCCC)C1(CC)CCCC1. The fourth-order valence-corrected chi connectivity index (χ4v) is 3.38. The lowest BCUT2D eigenvalue weighted by Gasteiger charge is -2.38. The molecule has 1 heteroatoms. The zero-order valence-electron chi connectivity index (χ0n) is 11.7. The number of rotatable bonds is 8. The van der Waals surface area contributed by atoms with Crippen molar-refractivity contribution in [2.75, 3.05) is 6.54 Å². The molecule has 1 aliphatic carbocycles. The first kappa shape index (κ1) is 14.6. The lowest BCUT2D eigenvalue weighted by Crippen LogP contribution is -2.44. The van der Waals surface area contributed by atoms with Crippen LogP contribution in [0.25, 0.3) is 0 Å². The van der Waals surface area contributed by atoms with Gasteiger partial charge in [-0.15, -0.1) is 12.3 Å². The van der Waals surface area contributed by atoms with E-state index in [2.05, 4.69) is 25.1 Å². The van der Waals surface area contributed by atoms with E-state index in [0.717, 1.165) is 13.0 Å². The first-order chi connectivity index (χ1) is 8.29. The van der Waals surface area contributed by atoms with E-state index in [4.69, 9.17) is 6.42 Å². The van der Waals surface area contributed by atoms with E-state index >= 15 is 0 Å². The van der Waals surface area contributed by atoms with Crippen LogP contribution in [0.4, 0.5) is 0 Å². The molecule has 98 valence electrons. The van der Waals surface area contributed by atoms with Crippen LogP contribution in [0, 0.1) is 17.8 Å². The Morgan fingerprint density at radius 3 is 2.53 bits per heavy atom. The third-order valence-electron chi connectivity index (χ3n) is 4.50. The molecule has 1 saturated carbocycles. The maximum absolute atomic E-state index is 5.36. The van der Waals surface area contributed by atoms with Crippen LogP contribution >= 0.6 is 0 Å². The Kier molecular flexibility index (Phi) is 6.66. The van der Waals surface area contributed by atoms with Gasteiger partial charge in [-0.25, -0.2) is 0 Å². The van der Waals surface area contributed by atoms with E-state index in [1.54, 1.807) is 0 Å². The molecule has 0 saturated heterocycles. The third-order valence-corrected chi connectivity index (χ3v) is 4.50. The third kappa shape index (κ3) is 4.03. The fraction of sp³-hybridized carbons (Fsp3) is 0.875. The van der Waals surface area contributed by atoms with Gasteiger partial charge in [-0.05, 0) is 50.5 Å². The summed E-state index contributed by atoms with van der Waals surface area (Å²) in [6.07, 6.45) is 17.0. The Bertz CT molecular complexity index is 232. The van der Waals surface area contributed by atoms with Crippen molar-refractivity contribution in [3.8, 4) is 12.3 Å². The Morgan fingerprint density at radius 1 is 1.29 bits per heavy atom. The molecule has 1 aliphatic rings. The molecule has 0 spiro atoms. The van der Waals surface area contributed by atoms with Gasteiger partial charge in [-0.1, -0.05) is 26.7 Å². The van der Waals surface area contributed by atoms with Crippen molar-refractivity contribution >= 4 is 0 Å². The molecule has 1 rings (SSSR count). The average molecular weight is 235 g/mol. The van der Waals surface area contributed by atoms with Gasteiger partial charge >= 0.3 is 0 Å². The van der Waals surface area contributed by atoms with Crippen LogP contribution in [0.1, 0.15) is 71.6 Å². The molecule has 1 unspecified atom stereocenters. The van der Waals surface area contributed by atoms with Crippen molar-refractivity contribution in [1.29, 1.82) is 0 Å². The molecule has 0 heterocycles. The smallest absolute Gasteiger partial charge is 0.0124 e. The second-order valence-electron chi connectivity index (χ2n) is 5.53. The number of nitrogens with one attached hydrogen (secondary N) is 1. The summed E-state index contributed by atoms with van der Waals surface area (Å²) in [6.45, 7) is 5.77. The van der Waals surface area contributed by atoms with E-state index in [0.29, 0.717) is 11.5 Å². The van der Waals surface area contributed by atoms with Crippen molar-refractivity contribution in [3.05, 3.63) is 0 Å². The van der Waals surface area contributed by atoms with Crippen LogP contribution < -0.4 is 5.32 Å². The zero-order chi connectivity index (χ0) is 12.6. The summed E-state index contributed by atoms with van der Waals surface area (Å²) in [5.74, 6) is 2.77. The highest BCUT2D eigenvalue weighted by atomic mass is 14.9. The lowest BCUT2D eigenvalue weighted by molar-refractivity contribution is 0.175. The summed E-state index contributed by atoms with van der Waals surface area (Å²) in [5, 5.41) is 3.79. The minimum absolute atomic E-state index is 0.573. The maximum atomic E-state index is 5.36. The quantitative estimate of drug-likeness (QED) is 0.493. The molecule has 0 aromatic carbocycles. The van der Waals surface area contributed by atoms with Gasteiger partial charge in [0.05, 0.1) is 0 Å². The lowest BCUT2D eigenvalue weighted by atomic mass is 9.74. The first-order valence-electron chi connectivity index (χ1n) is 7.46. The van der Waals surface area contributed by atoms with Crippen molar-refractivity contribution in [3.63, 3.8) is 0 Å². The summed E-state index contributed by atoms with van der Waals surface area (Å²) >= 11 is 0. The highest BCUT2D eigenvalue weighted by Crippen LogP contribution is 2.45. The van der Waals surface area contributed by atoms with E-state index in [-0.39, 0.29) is 0 Å². The van der Waals surface area contributed by atoms with Gasteiger partial charge in [0.1, 0.15) is 0 Å². The standard InChI is InChI=1S/C16H29N/c1-4-7-8-11-15(17-14-5-2)16(6-3)12-9-10-13-16/h1,15,17H,5-14H2,2-3H3. The van der Waals surface area contributed by atoms with Crippen LogP contribution in [0.5, 0.6) is 0 Å². The second kappa shape index (κ2) is 7.77. The van der Waals surface area contributed by atoms with E-state index in [1.165, 1.54) is 51.4 Å². The Morgan fingerprint density at radius 2 is 2.00 bits per heavy atom. The molecule has 0 bridgehead atoms. The average Bonchev–Trinajstić information content (AvgIpc) is 2.83. The molecule has 1 N–H and O–H groups in total. The van der Waals surface area contributed by atoms with Gasteiger partial charge in [-0.3, -0.25) is 0 Å². The molecule has 0 aromatic heterocycles. The molecule has 0 aliphatic heterocycles. The molecule has 0 radical (unpaired) electrons. The first-order valence-corrected chi connectivity index (χ1v) is 7.46. The maximum Gasteiger partial charge on any atom is 0.0124 e. The van der Waals surface area contributed by atoms with Gasteiger partial charge < -0.3 is 5.32 Å². The summed E-state index contributed by atoms with van der Waals surface area (Å²) in [6, 6.07) is 0.698. The molecular weight excluding hydrogens is 206 g/mol. The molecule has 17 heavy (non-hydrogen) atoms. The summed E-state index contributed by atoms with van der Waals surface area (Å²) in [7, 11) is 0. The molecular formula is C16H29N. The van der Waals surface area contributed by atoms with E-state index in [1.807, 2.05) is 0 Å². The molecule has 1 nitrogen and oxygen atoms in total. The van der Waals surface area contributed by atoms with E-state index < -0.39 is 0 Å². The Labute approximate surface area is 108 Å². The van der Waals surface area contributed by atoms with Crippen LogP contribution in [-0.4, -0.2) is 12.6 Å². The van der Waals surface area contributed by atoms with Gasteiger partial charge in [0.25, 0.3) is 0 Å². The predicted octanol–water partition coefficient (Wildman–Crippen LogP) is 4.13. The van der Waals surface area contributed by atoms with Crippen molar-refractivity contribution in [2.45, 2.75) is 77.7 Å². The summed E-state index contributed by atoms with van der Waals surface area (Å²) in [5.41, 5.74) is 0.573. The minimum Gasteiger partial charge on any atom is -0.313 e. The van der Waals surface area contributed by atoms with E-state index in [9.17, 15) is 0 Å². The zero-order valence-corrected chi connectivity index (χ0v) is 11.7. The number of unbranched alkanes of at least 4 members (excludes halogenated alkanes) is 1. The highest BCUT2D eigenvalue weighted by Gasteiger charge is 2.38. The number of terminal acetylenes is 1. The largest absolute Gasteiger partial charge is 0.313 e. The van der Waals surface area contributed by atoms with Gasteiger partial charge in [-0.2, -0.15) is 0 Å². The molecule has 1 fully saturated rings. The van der Waals surface area contributed by atoms with Crippen LogP contribution in [-0.2, 0) is 0 Å². The Hall–Kier alpha value is -0.480. The molecule has 0 aromatic rings. The normalized spacial score (nSPS) is 20.1. The predicted molar refractivity (Wildman–Crippen MR) is 76.0 cm³/mol. The second-order valence-corrected chi connectivity index (χ2v) is 5.53. The van der Waals surface area contributed by atoms with Gasteiger partial charge in [0.15, 0.2) is 0 Å². The minimum atomic E-state index is 0.573. The van der Waals surface area contributed by atoms with Crippen LogP contribution in [0.15, 0.2) is 0 Å². The number of hydrogen-bond acceptors (Lipinski definition) is 1. The van der Waals surface area contributed by atoms with Crippen molar-refractivity contribution in [2.24, 2.45) is 5.41 Å². The van der Waals surface area contributed by atoms with Crippen LogP contribution in [0.3, 0.4) is 0 Å².